The zero-order valence-corrected chi connectivity index (χ0v) is 11.4. The summed E-state index contributed by atoms with van der Waals surface area (Å²) in [7, 11) is 1.60. The standard InChI is InChI=1S/C15H16O2S/c1-3-12(11-7-5-4-6-8-11)14(16)15-13(17-2)9-10-18-15/h4-10,12H,3H2,1-2H3. The molecule has 2 rings (SSSR count). The number of ketones is 1. The lowest BCUT2D eigenvalue weighted by molar-refractivity contribution is 0.0958. The molecule has 0 aliphatic carbocycles. The second-order valence-electron chi connectivity index (χ2n) is 4.05. The topological polar surface area (TPSA) is 26.3 Å². The summed E-state index contributed by atoms with van der Waals surface area (Å²) in [6.45, 7) is 2.04. The van der Waals surface area contributed by atoms with Crippen LogP contribution in [0.25, 0.3) is 0 Å². The van der Waals surface area contributed by atoms with Crippen LogP contribution in [0.4, 0.5) is 0 Å². The Morgan fingerprint density at radius 2 is 2.00 bits per heavy atom. The van der Waals surface area contributed by atoms with Gasteiger partial charge in [0.2, 0.25) is 0 Å². The maximum atomic E-state index is 12.5. The van der Waals surface area contributed by atoms with Crippen LogP contribution in [0.3, 0.4) is 0 Å². The number of methoxy groups -OCH3 is 1. The van der Waals surface area contributed by atoms with Crippen LogP contribution in [0.5, 0.6) is 5.75 Å². The normalized spacial score (nSPS) is 12.1. The first-order valence-corrected chi connectivity index (χ1v) is 6.86. The van der Waals surface area contributed by atoms with Crippen molar-refractivity contribution in [1.29, 1.82) is 0 Å². The van der Waals surface area contributed by atoms with Crippen molar-refractivity contribution in [3.8, 4) is 5.75 Å². The van der Waals surface area contributed by atoms with Gasteiger partial charge in [0.1, 0.15) is 10.6 Å². The molecular weight excluding hydrogens is 244 g/mol. The van der Waals surface area contributed by atoms with E-state index in [9.17, 15) is 4.79 Å². The van der Waals surface area contributed by atoms with E-state index in [1.165, 1.54) is 11.3 Å². The van der Waals surface area contributed by atoms with Crippen LogP contribution in [0.1, 0.15) is 34.5 Å². The van der Waals surface area contributed by atoms with E-state index in [0.29, 0.717) is 10.6 Å². The van der Waals surface area contributed by atoms with Crippen molar-refractivity contribution in [3.63, 3.8) is 0 Å². The summed E-state index contributed by atoms with van der Waals surface area (Å²) in [5.74, 6) is 0.744. The monoisotopic (exact) mass is 260 g/mol. The minimum Gasteiger partial charge on any atom is -0.495 e. The molecule has 0 N–H and O–H groups in total. The molecule has 0 amide bonds. The first kappa shape index (κ1) is 12.8. The van der Waals surface area contributed by atoms with Gasteiger partial charge in [0.05, 0.1) is 7.11 Å². The van der Waals surface area contributed by atoms with Gasteiger partial charge >= 0.3 is 0 Å². The fraction of sp³-hybridized carbons (Fsp3) is 0.267. The molecule has 0 radical (unpaired) electrons. The largest absolute Gasteiger partial charge is 0.495 e. The molecule has 1 atom stereocenters. The van der Waals surface area contributed by atoms with Crippen molar-refractivity contribution in [3.05, 3.63) is 52.2 Å². The molecular formula is C15H16O2S. The number of hydrogen-bond donors (Lipinski definition) is 0. The molecule has 0 fully saturated rings. The fourth-order valence-corrected chi connectivity index (χ4v) is 2.91. The van der Waals surface area contributed by atoms with Crippen LogP contribution in [0.2, 0.25) is 0 Å². The molecule has 0 spiro atoms. The predicted octanol–water partition coefficient (Wildman–Crippen LogP) is 4.13. The van der Waals surface area contributed by atoms with Gasteiger partial charge in [-0.15, -0.1) is 11.3 Å². The summed E-state index contributed by atoms with van der Waals surface area (Å²) in [5.41, 5.74) is 1.07. The Kier molecular flexibility index (Phi) is 4.15. The van der Waals surface area contributed by atoms with Crippen molar-refractivity contribution >= 4 is 17.1 Å². The molecule has 0 saturated carbocycles. The summed E-state index contributed by atoms with van der Waals surface area (Å²) < 4.78 is 5.23. The fourth-order valence-electron chi connectivity index (χ4n) is 2.05. The van der Waals surface area contributed by atoms with Crippen LogP contribution in [-0.2, 0) is 0 Å². The molecule has 0 aliphatic rings. The molecule has 1 heterocycles. The Balaban J connectivity index is 2.32. The van der Waals surface area contributed by atoms with Gasteiger partial charge in [-0.25, -0.2) is 0 Å². The van der Waals surface area contributed by atoms with E-state index in [4.69, 9.17) is 4.74 Å². The highest BCUT2D eigenvalue weighted by atomic mass is 32.1. The minimum atomic E-state index is -0.0845. The quantitative estimate of drug-likeness (QED) is 0.755. The minimum absolute atomic E-state index is 0.0845. The highest BCUT2D eigenvalue weighted by Gasteiger charge is 2.23. The molecule has 1 unspecified atom stereocenters. The third kappa shape index (κ3) is 2.46. The van der Waals surface area contributed by atoms with E-state index >= 15 is 0 Å². The highest BCUT2D eigenvalue weighted by molar-refractivity contribution is 7.12. The van der Waals surface area contributed by atoms with Gasteiger partial charge in [0.15, 0.2) is 5.78 Å². The molecule has 0 bridgehead atoms. The Bertz CT molecular complexity index is 516. The van der Waals surface area contributed by atoms with Gasteiger partial charge in [-0.05, 0) is 23.4 Å². The third-order valence-electron chi connectivity index (χ3n) is 3.00. The van der Waals surface area contributed by atoms with E-state index < -0.39 is 0 Å². The van der Waals surface area contributed by atoms with Gasteiger partial charge < -0.3 is 4.74 Å². The van der Waals surface area contributed by atoms with E-state index in [1.54, 1.807) is 7.11 Å². The lowest BCUT2D eigenvalue weighted by Crippen LogP contribution is -2.11. The number of rotatable bonds is 5. The molecule has 2 nitrogen and oxygen atoms in total. The van der Waals surface area contributed by atoms with Crippen molar-refractivity contribution in [2.24, 2.45) is 0 Å². The van der Waals surface area contributed by atoms with E-state index in [0.717, 1.165) is 12.0 Å². The number of carbonyl (C=O) groups excluding carboxylic acids is 1. The number of hydrogen-bond acceptors (Lipinski definition) is 3. The zero-order valence-electron chi connectivity index (χ0n) is 10.6. The van der Waals surface area contributed by atoms with Crippen LogP contribution >= 0.6 is 11.3 Å². The Morgan fingerprint density at radius 1 is 1.28 bits per heavy atom. The molecule has 94 valence electrons. The smallest absolute Gasteiger partial charge is 0.183 e. The third-order valence-corrected chi connectivity index (χ3v) is 3.91. The van der Waals surface area contributed by atoms with Crippen molar-refractivity contribution in [1.82, 2.24) is 0 Å². The number of Topliss-reactive ketones (excluding diaryl/α,β-unsaturated/α-hetero) is 1. The Labute approximate surface area is 111 Å². The predicted molar refractivity (Wildman–Crippen MR) is 74.7 cm³/mol. The maximum Gasteiger partial charge on any atom is 0.183 e. The molecule has 18 heavy (non-hydrogen) atoms. The lowest BCUT2D eigenvalue weighted by atomic mass is 9.91. The first-order chi connectivity index (χ1) is 8.77. The Hall–Kier alpha value is -1.61. The zero-order chi connectivity index (χ0) is 13.0. The molecule has 0 saturated heterocycles. The summed E-state index contributed by atoms with van der Waals surface area (Å²) in [6, 6.07) is 11.8. The molecule has 1 aromatic heterocycles. The van der Waals surface area contributed by atoms with Crippen LogP contribution < -0.4 is 4.74 Å². The second-order valence-corrected chi connectivity index (χ2v) is 4.97. The average molecular weight is 260 g/mol. The summed E-state index contributed by atoms with van der Waals surface area (Å²) >= 11 is 1.45. The van der Waals surface area contributed by atoms with Crippen molar-refractivity contribution in [2.45, 2.75) is 19.3 Å². The van der Waals surface area contributed by atoms with Crippen LogP contribution in [0, 0.1) is 0 Å². The number of thiophene rings is 1. The first-order valence-electron chi connectivity index (χ1n) is 5.98. The van der Waals surface area contributed by atoms with Crippen molar-refractivity contribution in [2.75, 3.05) is 7.11 Å². The lowest BCUT2D eigenvalue weighted by Gasteiger charge is -2.13. The average Bonchev–Trinajstić information content (AvgIpc) is 2.89. The second kappa shape index (κ2) is 5.83. The summed E-state index contributed by atoms with van der Waals surface area (Å²) in [5, 5.41) is 1.89. The van der Waals surface area contributed by atoms with E-state index in [1.807, 2.05) is 48.7 Å². The van der Waals surface area contributed by atoms with Crippen LogP contribution in [-0.4, -0.2) is 12.9 Å². The summed E-state index contributed by atoms with van der Waals surface area (Å²) in [4.78, 5) is 13.3. The van der Waals surface area contributed by atoms with Gasteiger partial charge in [-0.3, -0.25) is 4.79 Å². The Morgan fingerprint density at radius 3 is 2.61 bits per heavy atom. The van der Waals surface area contributed by atoms with Gasteiger partial charge in [-0.1, -0.05) is 37.3 Å². The molecule has 3 heteroatoms. The van der Waals surface area contributed by atoms with Crippen molar-refractivity contribution < 1.29 is 9.53 Å². The molecule has 0 aliphatic heterocycles. The number of benzene rings is 1. The molecule has 2 aromatic rings. The highest BCUT2D eigenvalue weighted by Crippen LogP contribution is 2.32. The van der Waals surface area contributed by atoms with E-state index in [2.05, 4.69) is 0 Å². The number of ether oxygens (including phenoxy) is 1. The molecule has 1 aromatic carbocycles. The maximum absolute atomic E-state index is 12.5. The van der Waals surface area contributed by atoms with Gasteiger partial charge in [0, 0.05) is 5.92 Å². The van der Waals surface area contributed by atoms with E-state index in [-0.39, 0.29) is 11.7 Å². The van der Waals surface area contributed by atoms with Gasteiger partial charge in [-0.2, -0.15) is 0 Å². The SMILES string of the molecule is CCC(C(=O)c1sccc1OC)c1ccccc1. The number of carbonyl (C=O) groups is 1. The summed E-state index contributed by atoms with van der Waals surface area (Å²) in [6.07, 6.45) is 0.796. The van der Waals surface area contributed by atoms with Crippen LogP contribution in [0.15, 0.2) is 41.8 Å². The van der Waals surface area contributed by atoms with Gasteiger partial charge in [0.25, 0.3) is 0 Å².